The van der Waals surface area contributed by atoms with Gasteiger partial charge in [0.2, 0.25) is 0 Å². The predicted octanol–water partition coefficient (Wildman–Crippen LogP) is 12.3. The molecule has 1 N–H and O–H groups in total. The van der Waals surface area contributed by atoms with E-state index in [1.807, 2.05) is 13.8 Å². The van der Waals surface area contributed by atoms with E-state index in [0.717, 1.165) is 102 Å². The molecule has 72 heavy (non-hydrogen) atoms. The fourth-order valence-corrected chi connectivity index (χ4v) is 9.88. The number of likely N-dealkylation sites (tertiary alicyclic amines) is 2. The molecule has 428 valence electrons. The maximum absolute atomic E-state index is 5.67. The molecule has 0 aromatic carbocycles. The minimum Gasteiger partial charge on any atom is -0.379 e. The molecule has 11 nitrogen and oxygen atoms in total. The molecule has 0 amide bonds. The molecule has 0 bridgehead atoms. The topological polar surface area (TPSA) is 86.4 Å². The number of morpholine rings is 1. The quantitative estimate of drug-likeness (QED) is 0.126. The normalized spacial score (nSPS) is 24.4. The number of hydrogen-bond donors (Lipinski definition) is 1. The SMILES string of the molecule is C=C1CCCC(COC(C)C)C1.CC(C)OCC1CCCCC1.CC(C)OCC1CCCNC1.CC(C)OCC1CCN(C)CC1.CC(C)OCC1CCN(C2CC2)CC1.CC(C)OCC1CN(C)CCO1. The second-order valence-corrected chi connectivity index (χ2v) is 24.4. The molecule has 4 aliphatic heterocycles. The van der Waals surface area contributed by atoms with Gasteiger partial charge in [-0.25, -0.2) is 0 Å². The Bertz CT molecular complexity index is 1210. The van der Waals surface area contributed by atoms with Crippen LogP contribution >= 0.6 is 0 Å². The fraction of sp³-hybridized carbons (Fsp3) is 0.967. The van der Waals surface area contributed by atoms with Crippen LogP contribution in [-0.4, -0.2) is 176 Å². The van der Waals surface area contributed by atoms with Crippen molar-refractivity contribution in [1.82, 2.24) is 20.0 Å². The minimum absolute atomic E-state index is 0.270. The van der Waals surface area contributed by atoms with Gasteiger partial charge in [0, 0.05) is 45.5 Å². The lowest BCUT2D eigenvalue weighted by Crippen LogP contribution is -2.42. The molecule has 3 saturated carbocycles. The highest BCUT2D eigenvalue weighted by Crippen LogP contribution is 2.31. The summed E-state index contributed by atoms with van der Waals surface area (Å²) in [4.78, 5) is 7.34. The first-order valence-electron chi connectivity index (χ1n) is 30.2. The third-order valence-corrected chi connectivity index (χ3v) is 14.7. The second kappa shape index (κ2) is 41.4. The van der Waals surface area contributed by atoms with Gasteiger partial charge in [-0.1, -0.05) is 31.4 Å². The van der Waals surface area contributed by atoms with Gasteiger partial charge in [-0.05, 0) is 249 Å². The van der Waals surface area contributed by atoms with Crippen molar-refractivity contribution in [1.29, 1.82) is 0 Å². The molecule has 7 aliphatic rings. The van der Waals surface area contributed by atoms with Gasteiger partial charge < -0.3 is 53.2 Å². The molecule has 0 aromatic rings. The van der Waals surface area contributed by atoms with E-state index in [1.54, 1.807) is 0 Å². The first kappa shape index (κ1) is 67.4. The van der Waals surface area contributed by atoms with Crippen LogP contribution in [0.5, 0.6) is 0 Å². The fourth-order valence-electron chi connectivity index (χ4n) is 9.88. The van der Waals surface area contributed by atoms with Crippen molar-refractivity contribution in [2.24, 2.45) is 29.6 Å². The maximum Gasteiger partial charge on any atom is 0.0935 e. The average molecular weight is 1020 g/mol. The van der Waals surface area contributed by atoms with E-state index in [1.165, 1.54) is 147 Å². The maximum atomic E-state index is 5.67. The third-order valence-electron chi connectivity index (χ3n) is 14.7. The molecular weight excluding hydrogens is 901 g/mol. The summed E-state index contributed by atoms with van der Waals surface area (Å²) >= 11 is 0. The number of rotatable bonds is 19. The zero-order chi connectivity index (χ0) is 53.1. The van der Waals surface area contributed by atoms with E-state index in [4.69, 9.17) is 33.2 Å². The number of hydrogen-bond acceptors (Lipinski definition) is 11. The van der Waals surface area contributed by atoms with E-state index in [2.05, 4.69) is 110 Å². The van der Waals surface area contributed by atoms with E-state index in [9.17, 15) is 0 Å². The molecule has 0 spiro atoms. The standard InChI is InChI=1S/C12H23NO.C11H20O.C10H21NO.C10H20O.C9H19NO2.C9H19NO/c1-10(2)14-9-11-5-7-13(8-6-11)12-3-4-12;1-9(2)12-8-11-6-4-5-10(3)7-11;1-9(2)12-8-10-4-6-11(3)7-5-10;1-9(2)11-8-10-6-4-3-5-7-10;1-8(2)12-7-9-6-10(3)4-5-11-9;1-8(2)11-7-9-4-3-5-10-6-9/h10-12H,3-9H2,1-2H3;9,11H,3-8H2,1-2H3;9-10H,4-8H2,1-3H3;9-10H,3-8H2,1-2H3;8-9H,4-7H2,1-3H3;8-10H,3-7H2,1-2H3. The zero-order valence-corrected chi connectivity index (χ0v) is 50.0. The lowest BCUT2D eigenvalue weighted by atomic mass is 9.87. The van der Waals surface area contributed by atoms with Gasteiger partial charge in [0.15, 0.2) is 0 Å². The van der Waals surface area contributed by atoms with Gasteiger partial charge in [0.25, 0.3) is 0 Å². The van der Waals surface area contributed by atoms with Crippen molar-refractivity contribution < 1.29 is 33.2 Å². The van der Waals surface area contributed by atoms with E-state index in [0.29, 0.717) is 36.6 Å². The Morgan fingerprint density at radius 3 is 1.35 bits per heavy atom. The lowest BCUT2D eigenvalue weighted by Gasteiger charge is -2.32. The molecule has 0 aromatic heterocycles. The van der Waals surface area contributed by atoms with E-state index >= 15 is 0 Å². The Morgan fingerprint density at radius 1 is 0.472 bits per heavy atom. The molecule has 4 heterocycles. The summed E-state index contributed by atoms with van der Waals surface area (Å²) in [6.07, 6.45) is 25.5. The van der Waals surface area contributed by atoms with Crippen molar-refractivity contribution in [3.05, 3.63) is 12.2 Å². The Labute approximate surface area is 447 Å². The summed E-state index contributed by atoms with van der Waals surface area (Å²) in [5.74, 6) is 4.00. The monoisotopic (exact) mass is 1020 g/mol. The molecule has 4 saturated heterocycles. The highest BCUT2D eigenvalue weighted by atomic mass is 16.5. The molecule has 3 aliphatic carbocycles. The van der Waals surface area contributed by atoms with Gasteiger partial charge in [0.1, 0.15) is 0 Å². The third kappa shape index (κ3) is 37.9. The number of piperidine rings is 3. The van der Waals surface area contributed by atoms with Crippen LogP contribution in [0.2, 0.25) is 0 Å². The van der Waals surface area contributed by atoms with Crippen LogP contribution in [-0.2, 0) is 33.2 Å². The van der Waals surface area contributed by atoms with Crippen molar-refractivity contribution >= 4 is 0 Å². The molecule has 7 rings (SSSR count). The Hall–Kier alpha value is -0.700. The average Bonchev–Trinajstić information content (AvgIpc) is 4.21. The second-order valence-electron chi connectivity index (χ2n) is 24.4. The van der Waals surface area contributed by atoms with Crippen LogP contribution in [0.4, 0.5) is 0 Å². The summed E-state index contributed by atoms with van der Waals surface area (Å²) in [6.45, 7) is 45.1. The van der Waals surface area contributed by atoms with Gasteiger partial charge in [-0.3, -0.25) is 0 Å². The van der Waals surface area contributed by atoms with Crippen LogP contribution in [0.15, 0.2) is 12.2 Å². The molecule has 11 heteroatoms. The number of likely N-dealkylation sites (N-methyl/N-ethyl adjacent to an activating group) is 1. The van der Waals surface area contributed by atoms with Crippen molar-refractivity contribution in [2.45, 2.75) is 241 Å². The van der Waals surface area contributed by atoms with Gasteiger partial charge in [-0.15, -0.1) is 0 Å². The Morgan fingerprint density at radius 2 is 0.903 bits per heavy atom. The largest absolute Gasteiger partial charge is 0.379 e. The zero-order valence-electron chi connectivity index (χ0n) is 50.0. The first-order chi connectivity index (χ1) is 34.4. The Kier molecular flexibility index (Phi) is 38.8. The predicted molar refractivity (Wildman–Crippen MR) is 305 cm³/mol. The van der Waals surface area contributed by atoms with Gasteiger partial charge in [-0.2, -0.15) is 0 Å². The lowest BCUT2D eigenvalue weighted by molar-refractivity contribution is -0.0744. The van der Waals surface area contributed by atoms with Crippen molar-refractivity contribution in [2.75, 3.05) is 113 Å². The first-order valence-corrected chi connectivity index (χ1v) is 30.2. The molecule has 3 unspecified atom stereocenters. The van der Waals surface area contributed by atoms with Crippen LogP contribution in [0.25, 0.3) is 0 Å². The minimum atomic E-state index is 0.270. The summed E-state index contributed by atoms with van der Waals surface area (Å²) in [7, 11) is 4.31. The highest BCUT2D eigenvalue weighted by molar-refractivity contribution is 4.99. The molecule has 0 radical (unpaired) electrons. The summed E-state index contributed by atoms with van der Waals surface area (Å²) < 4.78 is 39.0. The number of ether oxygens (including phenoxy) is 7. The van der Waals surface area contributed by atoms with Crippen LogP contribution < -0.4 is 5.32 Å². The molecule has 3 atom stereocenters. The Balaban J connectivity index is 0.000000297. The summed E-state index contributed by atoms with van der Waals surface area (Å²) in [6, 6.07) is 0.960. The van der Waals surface area contributed by atoms with Crippen LogP contribution in [0.3, 0.4) is 0 Å². The number of allylic oxidation sites excluding steroid dienone is 1. The van der Waals surface area contributed by atoms with E-state index < -0.39 is 0 Å². The van der Waals surface area contributed by atoms with Crippen molar-refractivity contribution in [3.8, 4) is 0 Å². The summed E-state index contributed by atoms with van der Waals surface area (Å²) in [5.41, 5.74) is 1.42. The summed E-state index contributed by atoms with van der Waals surface area (Å²) in [5, 5.41) is 3.38. The van der Waals surface area contributed by atoms with Crippen LogP contribution in [0, 0.1) is 29.6 Å². The van der Waals surface area contributed by atoms with Crippen molar-refractivity contribution in [3.63, 3.8) is 0 Å². The molecule has 7 fully saturated rings. The number of nitrogens with one attached hydrogen (secondary N) is 1. The van der Waals surface area contributed by atoms with Gasteiger partial charge in [0.05, 0.1) is 69.2 Å². The van der Waals surface area contributed by atoms with E-state index in [-0.39, 0.29) is 6.10 Å². The molecular formula is C61H122N4O7. The highest BCUT2D eigenvalue weighted by Gasteiger charge is 2.32. The smallest absolute Gasteiger partial charge is 0.0935 e. The van der Waals surface area contributed by atoms with Crippen LogP contribution in [0.1, 0.15) is 192 Å². The number of nitrogens with zero attached hydrogens (tertiary/aromatic N) is 3. The van der Waals surface area contributed by atoms with Gasteiger partial charge >= 0.3 is 0 Å².